The number of aliphatic carboxylic acids is 1. The first-order valence-electron chi connectivity index (χ1n) is 8.58. The number of nitrogens with zero attached hydrogens (tertiary/aromatic N) is 4. The molecule has 0 aliphatic rings. The molecular formula is C19H18N6O3. The van der Waals surface area contributed by atoms with Gasteiger partial charge in [-0.1, -0.05) is 12.1 Å². The number of carbonyl (C=O) groups excluding carboxylic acids is 1. The summed E-state index contributed by atoms with van der Waals surface area (Å²) in [6.07, 6.45) is 0.123. The first kappa shape index (κ1) is 17.7. The number of nitrogens with two attached hydrogens (primary N) is 1. The lowest BCUT2D eigenvalue weighted by Crippen LogP contribution is -2.27. The van der Waals surface area contributed by atoms with Crippen molar-refractivity contribution in [1.82, 2.24) is 24.4 Å². The minimum atomic E-state index is -1.23. The van der Waals surface area contributed by atoms with E-state index < -0.39 is 12.1 Å². The Kier molecular flexibility index (Phi) is 4.28. The van der Waals surface area contributed by atoms with Crippen LogP contribution in [0.3, 0.4) is 0 Å². The van der Waals surface area contributed by atoms with E-state index in [-0.39, 0.29) is 5.91 Å². The molecule has 1 unspecified atom stereocenters. The average Bonchev–Trinajstić information content (AvgIpc) is 3.29. The van der Waals surface area contributed by atoms with E-state index in [1.54, 1.807) is 30.1 Å². The number of benzene rings is 2. The zero-order chi connectivity index (χ0) is 19.8. The standard InChI is InChI=1S/C19H18N6O3/c1-24(9-16-22-12-4-2-3-5-13(12)23-16)18(26)11-6-7-15-14(8-11)21-10-25(15)17(20)19(27)28/h2-8,10,17H,9,20H2,1H3,(H,22,23)(H,27,28). The van der Waals surface area contributed by atoms with Gasteiger partial charge in [0.05, 0.1) is 34.9 Å². The fourth-order valence-electron chi connectivity index (χ4n) is 3.10. The van der Waals surface area contributed by atoms with Gasteiger partial charge in [-0.2, -0.15) is 0 Å². The number of hydrogen-bond acceptors (Lipinski definition) is 5. The molecule has 0 aliphatic heterocycles. The Labute approximate surface area is 159 Å². The topological polar surface area (TPSA) is 130 Å². The average molecular weight is 378 g/mol. The molecule has 2 heterocycles. The van der Waals surface area contributed by atoms with E-state index >= 15 is 0 Å². The number of carboxylic acids is 1. The molecule has 0 spiro atoms. The number of H-pyrrole nitrogens is 1. The third kappa shape index (κ3) is 3.08. The summed E-state index contributed by atoms with van der Waals surface area (Å²) in [5, 5.41) is 9.08. The van der Waals surface area contributed by atoms with E-state index in [0.29, 0.717) is 29.0 Å². The van der Waals surface area contributed by atoms with Crippen molar-refractivity contribution in [3.63, 3.8) is 0 Å². The summed E-state index contributed by atoms with van der Waals surface area (Å²) in [5.74, 6) is -0.667. The van der Waals surface area contributed by atoms with Crippen LogP contribution in [0.15, 0.2) is 48.8 Å². The third-order valence-corrected chi connectivity index (χ3v) is 4.55. The number of carbonyl (C=O) groups is 2. The largest absolute Gasteiger partial charge is 0.479 e. The number of aromatic nitrogens is 4. The molecule has 142 valence electrons. The number of imidazole rings is 2. The minimum absolute atomic E-state index is 0.195. The number of hydrogen-bond donors (Lipinski definition) is 3. The molecule has 4 aromatic rings. The van der Waals surface area contributed by atoms with Crippen molar-refractivity contribution in [2.24, 2.45) is 5.73 Å². The fraction of sp³-hybridized carbons (Fsp3) is 0.158. The van der Waals surface area contributed by atoms with Crippen LogP contribution in [0.2, 0.25) is 0 Å². The summed E-state index contributed by atoms with van der Waals surface area (Å²) in [6.45, 7) is 0.323. The lowest BCUT2D eigenvalue weighted by molar-refractivity contribution is -0.140. The second-order valence-electron chi connectivity index (χ2n) is 6.50. The summed E-state index contributed by atoms with van der Waals surface area (Å²) in [7, 11) is 1.69. The van der Waals surface area contributed by atoms with Crippen LogP contribution >= 0.6 is 0 Å². The second-order valence-corrected chi connectivity index (χ2v) is 6.50. The maximum atomic E-state index is 12.8. The predicted molar refractivity (Wildman–Crippen MR) is 102 cm³/mol. The van der Waals surface area contributed by atoms with Crippen molar-refractivity contribution in [1.29, 1.82) is 0 Å². The molecular weight excluding hydrogens is 360 g/mol. The highest BCUT2D eigenvalue weighted by Crippen LogP contribution is 2.19. The van der Waals surface area contributed by atoms with E-state index in [1.807, 2.05) is 24.3 Å². The summed E-state index contributed by atoms with van der Waals surface area (Å²) in [5.41, 5.74) is 8.91. The number of aromatic amines is 1. The van der Waals surface area contributed by atoms with Crippen molar-refractivity contribution in [3.8, 4) is 0 Å². The Balaban J connectivity index is 1.56. The fourth-order valence-corrected chi connectivity index (χ4v) is 3.10. The minimum Gasteiger partial charge on any atom is -0.479 e. The van der Waals surface area contributed by atoms with Crippen molar-refractivity contribution in [2.75, 3.05) is 7.05 Å². The molecule has 0 radical (unpaired) electrons. The first-order valence-corrected chi connectivity index (χ1v) is 8.58. The number of rotatable bonds is 5. The third-order valence-electron chi connectivity index (χ3n) is 4.55. The van der Waals surface area contributed by atoms with E-state index in [2.05, 4.69) is 15.0 Å². The molecule has 0 bridgehead atoms. The van der Waals surface area contributed by atoms with Gasteiger partial charge in [0.25, 0.3) is 5.91 Å². The van der Waals surface area contributed by atoms with Gasteiger partial charge in [-0.15, -0.1) is 0 Å². The van der Waals surface area contributed by atoms with Gasteiger partial charge >= 0.3 is 5.97 Å². The monoisotopic (exact) mass is 378 g/mol. The van der Waals surface area contributed by atoms with Crippen molar-refractivity contribution >= 4 is 33.9 Å². The summed E-state index contributed by atoms with van der Waals surface area (Å²) in [6, 6.07) is 12.6. The van der Waals surface area contributed by atoms with Gasteiger partial charge in [0.15, 0.2) is 6.17 Å². The van der Waals surface area contributed by atoms with Crippen LogP contribution < -0.4 is 5.73 Å². The Morgan fingerprint density at radius 1 is 1.25 bits per heavy atom. The zero-order valence-electron chi connectivity index (χ0n) is 15.0. The molecule has 0 saturated carbocycles. The molecule has 4 N–H and O–H groups in total. The SMILES string of the molecule is CN(Cc1nc2ccccc2[nH]1)C(=O)c1ccc2c(c1)ncn2C(N)C(=O)O. The van der Waals surface area contributed by atoms with E-state index in [1.165, 1.54) is 10.9 Å². The first-order chi connectivity index (χ1) is 13.4. The zero-order valence-corrected chi connectivity index (χ0v) is 15.0. The van der Waals surface area contributed by atoms with Gasteiger partial charge in [-0.05, 0) is 30.3 Å². The van der Waals surface area contributed by atoms with Crippen LogP contribution in [0.25, 0.3) is 22.1 Å². The van der Waals surface area contributed by atoms with E-state index in [9.17, 15) is 9.59 Å². The molecule has 0 aliphatic carbocycles. The van der Waals surface area contributed by atoms with E-state index in [4.69, 9.17) is 10.8 Å². The molecule has 9 nitrogen and oxygen atoms in total. The number of fused-ring (bicyclic) bond motifs is 2. The molecule has 9 heteroatoms. The van der Waals surface area contributed by atoms with Gasteiger partial charge < -0.3 is 25.3 Å². The molecule has 2 aromatic carbocycles. The van der Waals surface area contributed by atoms with Crippen LogP contribution in [0, 0.1) is 0 Å². The number of nitrogens with one attached hydrogen (secondary N) is 1. The van der Waals surface area contributed by atoms with Crippen LogP contribution in [0.5, 0.6) is 0 Å². The molecule has 2 aromatic heterocycles. The van der Waals surface area contributed by atoms with Crippen LogP contribution in [-0.4, -0.2) is 48.4 Å². The van der Waals surface area contributed by atoms with Crippen LogP contribution in [0.1, 0.15) is 22.3 Å². The highest BCUT2D eigenvalue weighted by Gasteiger charge is 2.19. The van der Waals surface area contributed by atoms with Gasteiger partial charge in [-0.3, -0.25) is 4.79 Å². The second kappa shape index (κ2) is 6.78. The summed E-state index contributed by atoms with van der Waals surface area (Å²) in [4.78, 5) is 37.3. The van der Waals surface area contributed by atoms with E-state index in [0.717, 1.165) is 11.0 Å². The van der Waals surface area contributed by atoms with Gasteiger partial charge in [0.1, 0.15) is 5.82 Å². The highest BCUT2D eigenvalue weighted by molar-refractivity contribution is 5.97. The Hall–Kier alpha value is -3.72. The van der Waals surface area contributed by atoms with Crippen molar-refractivity contribution in [2.45, 2.75) is 12.7 Å². The molecule has 0 fully saturated rings. The number of para-hydroxylation sites is 2. The normalized spacial score (nSPS) is 12.4. The molecule has 0 saturated heterocycles. The van der Waals surface area contributed by atoms with Gasteiger partial charge in [0, 0.05) is 12.6 Å². The highest BCUT2D eigenvalue weighted by atomic mass is 16.4. The Bertz CT molecular complexity index is 1160. The molecule has 1 amide bonds. The van der Waals surface area contributed by atoms with Crippen molar-refractivity contribution < 1.29 is 14.7 Å². The number of amides is 1. The predicted octanol–water partition coefficient (Wildman–Crippen LogP) is 1.73. The number of carboxylic acid groups (broad SMARTS) is 1. The quantitative estimate of drug-likeness (QED) is 0.485. The smallest absolute Gasteiger partial charge is 0.341 e. The molecule has 1 atom stereocenters. The summed E-state index contributed by atoms with van der Waals surface area (Å²) >= 11 is 0. The molecule has 28 heavy (non-hydrogen) atoms. The van der Waals surface area contributed by atoms with Gasteiger partial charge in [-0.25, -0.2) is 14.8 Å². The van der Waals surface area contributed by atoms with Crippen LogP contribution in [0.4, 0.5) is 0 Å². The lowest BCUT2D eigenvalue weighted by atomic mass is 10.1. The van der Waals surface area contributed by atoms with Gasteiger partial charge in [0.2, 0.25) is 0 Å². The molecule has 4 rings (SSSR count). The maximum absolute atomic E-state index is 12.8. The van der Waals surface area contributed by atoms with Crippen molar-refractivity contribution in [3.05, 3.63) is 60.2 Å². The maximum Gasteiger partial charge on any atom is 0.341 e. The Morgan fingerprint density at radius 3 is 2.79 bits per heavy atom. The lowest BCUT2D eigenvalue weighted by Gasteiger charge is -2.16. The van der Waals surface area contributed by atoms with Crippen LogP contribution in [-0.2, 0) is 11.3 Å². The summed E-state index contributed by atoms with van der Waals surface area (Å²) < 4.78 is 1.35. The Morgan fingerprint density at radius 2 is 2.04 bits per heavy atom.